The van der Waals surface area contributed by atoms with Gasteiger partial charge < -0.3 is 4.90 Å². The number of nitrogens with zero attached hydrogens (tertiary/aromatic N) is 1. The lowest BCUT2D eigenvalue weighted by molar-refractivity contribution is 0.235. The van der Waals surface area contributed by atoms with Crippen LogP contribution in [0, 0.1) is 0 Å². The van der Waals surface area contributed by atoms with Gasteiger partial charge in [0.05, 0.1) is 5.69 Å². The van der Waals surface area contributed by atoms with Crippen molar-refractivity contribution in [3.63, 3.8) is 0 Å². The smallest absolute Gasteiger partial charge is 0.242 e. The van der Waals surface area contributed by atoms with Crippen LogP contribution in [0.25, 0.3) is 0 Å². The number of hydrogen-bond acceptors (Lipinski definition) is 3. The summed E-state index contributed by atoms with van der Waals surface area (Å²) in [6.07, 6.45) is 1.35. The molecule has 1 fully saturated rings. The predicted octanol–water partition coefficient (Wildman–Crippen LogP) is 1.36. The van der Waals surface area contributed by atoms with E-state index in [1.54, 1.807) is 0 Å². The van der Waals surface area contributed by atoms with Crippen LogP contribution in [0.3, 0.4) is 0 Å². The highest BCUT2D eigenvalue weighted by Crippen LogP contribution is 2.48. The molecule has 0 bridgehead atoms. The number of fused-ring (bicyclic) bond motifs is 2. The summed E-state index contributed by atoms with van der Waals surface area (Å²) in [5, 5.41) is 0. The number of hydrogen-bond donors (Lipinski definition) is 1. The standard InChI is InChI=1S/C12H16N2O2S/c1-14-8-6-12(7-9-14)10-4-2-3-5-11(10)13-17(12,15)16/h2-5,13H,6-9H2,1H3. The number of para-hydroxylation sites is 1. The second-order valence-corrected chi connectivity index (χ2v) is 6.94. The minimum Gasteiger partial charge on any atom is -0.306 e. The number of piperidine rings is 1. The molecule has 0 atom stereocenters. The highest BCUT2D eigenvalue weighted by atomic mass is 32.2. The molecule has 0 unspecified atom stereocenters. The van der Waals surface area contributed by atoms with E-state index in [-0.39, 0.29) is 0 Å². The van der Waals surface area contributed by atoms with Crippen molar-refractivity contribution in [1.82, 2.24) is 4.90 Å². The van der Waals surface area contributed by atoms with E-state index in [1.807, 2.05) is 31.3 Å². The maximum atomic E-state index is 12.4. The topological polar surface area (TPSA) is 49.4 Å². The van der Waals surface area contributed by atoms with Crippen LogP contribution in [0.15, 0.2) is 24.3 Å². The van der Waals surface area contributed by atoms with E-state index >= 15 is 0 Å². The van der Waals surface area contributed by atoms with Crippen LogP contribution in [0.5, 0.6) is 0 Å². The van der Waals surface area contributed by atoms with Crippen LogP contribution in [0.4, 0.5) is 5.69 Å². The van der Waals surface area contributed by atoms with Gasteiger partial charge in [0.2, 0.25) is 10.0 Å². The molecular weight excluding hydrogens is 236 g/mol. The first kappa shape index (κ1) is 11.0. The molecule has 3 rings (SSSR count). The number of rotatable bonds is 0. The van der Waals surface area contributed by atoms with Gasteiger partial charge in [-0.25, -0.2) is 8.42 Å². The normalized spacial score (nSPS) is 25.5. The predicted molar refractivity (Wildman–Crippen MR) is 67.4 cm³/mol. The van der Waals surface area contributed by atoms with Gasteiger partial charge in [-0.2, -0.15) is 0 Å². The molecule has 2 heterocycles. The highest BCUT2D eigenvalue weighted by Gasteiger charge is 2.52. The van der Waals surface area contributed by atoms with Crippen LogP contribution in [0.2, 0.25) is 0 Å². The molecule has 5 heteroatoms. The summed E-state index contributed by atoms with van der Waals surface area (Å²) in [6.45, 7) is 1.66. The molecule has 1 spiro atoms. The molecule has 1 saturated heterocycles. The van der Waals surface area contributed by atoms with Gasteiger partial charge in [0.25, 0.3) is 0 Å². The van der Waals surface area contributed by atoms with Gasteiger partial charge in [0.1, 0.15) is 4.75 Å². The molecule has 17 heavy (non-hydrogen) atoms. The van der Waals surface area contributed by atoms with Gasteiger partial charge >= 0.3 is 0 Å². The molecule has 92 valence electrons. The van der Waals surface area contributed by atoms with E-state index in [9.17, 15) is 8.42 Å². The Kier molecular flexibility index (Phi) is 2.25. The van der Waals surface area contributed by atoms with E-state index in [0.717, 1.165) is 24.3 Å². The van der Waals surface area contributed by atoms with Crippen molar-refractivity contribution >= 4 is 15.7 Å². The zero-order chi connectivity index (χ0) is 12.1. The van der Waals surface area contributed by atoms with E-state index in [1.165, 1.54) is 0 Å². The van der Waals surface area contributed by atoms with E-state index in [4.69, 9.17) is 0 Å². The highest BCUT2D eigenvalue weighted by molar-refractivity contribution is 7.94. The average molecular weight is 252 g/mol. The molecule has 0 saturated carbocycles. The number of anilines is 1. The van der Waals surface area contributed by atoms with Crippen molar-refractivity contribution < 1.29 is 8.42 Å². The first-order valence-electron chi connectivity index (χ1n) is 5.86. The van der Waals surface area contributed by atoms with E-state index < -0.39 is 14.8 Å². The van der Waals surface area contributed by atoms with Crippen LogP contribution < -0.4 is 4.72 Å². The third kappa shape index (κ3) is 1.42. The largest absolute Gasteiger partial charge is 0.306 e. The minimum absolute atomic E-state index is 0.676. The first-order chi connectivity index (χ1) is 8.05. The number of benzene rings is 1. The Bertz CT molecular complexity index is 545. The third-order valence-corrected chi connectivity index (χ3v) is 6.12. The summed E-state index contributed by atoms with van der Waals surface area (Å²) in [7, 11) is -1.23. The zero-order valence-corrected chi connectivity index (χ0v) is 10.6. The van der Waals surface area contributed by atoms with Crippen molar-refractivity contribution in [3.8, 4) is 0 Å². The van der Waals surface area contributed by atoms with Gasteiger partial charge in [-0.1, -0.05) is 18.2 Å². The quantitative estimate of drug-likeness (QED) is 0.758. The third-order valence-electron chi connectivity index (χ3n) is 3.97. The summed E-state index contributed by atoms with van der Waals surface area (Å²) in [5.41, 5.74) is 1.71. The lowest BCUT2D eigenvalue weighted by Gasteiger charge is -2.36. The van der Waals surface area contributed by atoms with Crippen LogP contribution >= 0.6 is 0 Å². The molecule has 0 amide bonds. The Labute approximate surface area is 102 Å². The zero-order valence-electron chi connectivity index (χ0n) is 9.81. The molecule has 4 nitrogen and oxygen atoms in total. The van der Waals surface area contributed by atoms with Gasteiger partial charge in [-0.3, -0.25) is 4.72 Å². The fourth-order valence-corrected chi connectivity index (χ4v) is 4.72. The molecule has 1 N–H and O–H groups in total. The fourth-order valence-electron chi connectivity index (χ4n) is 2.87. The summed E-state index contributed by atoms with van der Waals surface area (Å²) in [4.78, 5) is 2.18. The Morgan fingerprint density at radius 1 is 1.24 bits per heavy atom. The Morgan fingerprint density at radius 2 is 1.88 bits per heavy atom. The Morgan fingerprint density at radius 3 is 2.59 bits per heavy atom. The number of sulfonamides is 1. The van der Waals surface area contributed by atoms with Gasteiger partial charge in [-0.15, -0.1) is 0 Å². The van der Waals surface area contributed by atoms with Crippen LogP contribution in [0.1, 0.15) is 18.4 Å². The Hall–Kier alpha value is -1.07. The van der Waals surface area contributed by atoms with Gasteiger partial charge in [0, 0.05) is 0 Å². The monoisotopic (exact) mass is 252 g/mol. The lowest BCUT2D eigenvalue weighted by Crippen LogP contribution is -2.44. The average Bonchev–Trinajstić information content (AvgIpc) is 2.51. The fraction of sp³-hybridized carbons (Fsp3) is 0.500. The molecule has 0 aromatic heterocycles. The minimum atomic E-state index is -3.27. The molecule has 0 radical (unpaired) electrons. The molecule has 0 aliphatic carbocycles. The maximum absolute atomic E-state index is 12.4. The van der Waals surface area contributed by atoms with Crippen LogP contribution in [-0.4, -0.2) is 33.5 Å². The van der Waals surface area contributed by atoms with E-state index in [0.29, 0.717) is 12.8 Å². The van der Waals surface area contributed by atoms with Crippen molar-refractivity contribution in [1.29, 1.82) is 0 Å². The molecule has 2 aliphatic rings. The molecular formula is C12H16N2O2S. The van der Waals surface area contributed by atoms with Crippen molar-refractivity contribution in [3.05, 3.63) is 29.8 Å². The summed E-state index contributed by atoms with van der Waals surface area (Å²) in [5.74, 6) is 0. The number of likely N-dealkylation sites (tertiary alicyclic amines) is 1. The Balaban J connectivity index is 2.14. The molecule has 1 aromatic rings. The first-order valence-corrected chi connectivity index (χ1v) is 7.34. The lowest BCUT2D eigenvalue weighted by atomic mass is 9.87. The SMILES string of the molecule is CN1CCC2(CC1)c1ccccc1NS2(=O)=O. The second-order valence-electron chi connectivity index (χ2n) is 4.95. The molecule has 2 aliphatic heterocycles. The summed E-state index contributed by atoms with van der Waals surface area (Å²) in [6, 6.07) is 7.58. The van der Waals surface area contributed by atoms with Crippen molar-refractivity contribution in [2.75, 3.05) is 24.9 Å². The van der Waals surface area contributed by atoms with Crippen molar-refractivity contribution in [2.45, 2.75) is 17.6 Å². The second kappa shape index (κ2) is 3.46. The van der Waals surface area contributed by atoms with Gasteiger partial charge in [-0.05, 0) is 44.6 Å². The van der Waals surface area contributed by atoms with E-state index in [2.05, 4.69) is 9.62 Å². The van der Waals surface area contributed by atoms with Crippen molar-refractivity contribution in [2.24, 2.45) is 0 Å². The van der Waals surface area contributed by atoms with Gasteiger partial charge in [0.15, 0.2) is 0 Å². The maximum Gasteiger partial charge on any atom is 0.242 e. The van der Waals surface area contributed by atoms with Crippen LogP contribution in [-0.2, 0) is 14.8 Å². The number of nitrogens with one attached hydrogen (secondary N) is 1. The summed E-state index contributed by atoms with van der Waals surface area (Å²) >= 11 is 0. The summed E-state index contributed by atoms with van der Waals surface area (Å²) < 4.78 is 26.7. The molecule has 1 aromatic carbocycles.